The van der Waals surface area contributed by atoms with E-state index in [2.05, 4.69) is 13.8 Å². The molecule has 1 spiro atoms. The van der Waals surface area contributed by atoms with Crippen molar-refractivity contribution in [1.29, 1.82) is 0 Å². The van der Waals surface area contributed by atoms with Crippen molar-refractivity contribution in [3.8, 4) is 0 Å². The first-order valence-corrected chi connectivity index (χ1v) is 4.81. The van der Waals surface area contributed by atoms with Gasteiger partial charge in [-0.3, -0.25) is 0 Å². The second-order valence-corrected chi connectivity index (χ2v) is 5.10. The van der Waals surface area contributed by atoms with Crippen molar-refractivity contribution >= 4 is 0 Å². The van der Waals surface area contributed by atoms with E-state index < -0.39 is 0 Å². The maximum atomic E-state index is 5.80. The van der Waals surface area contributed by atoms with Crippen LogP contribution in [-0.4, -0.2) is 12.2 Å². The summed E-state index contributed by atoms with van der Waals surface area (Å²) in [6.45, 7) is 5.84. The molecule has 4 fully saturated rings. The number of fused-ring (bicyclic) bond motifs is 1. The van der Waals surface area contributed by atoms with Gasteiger partial charge in [-0.1, -0.05) is 13.8 Å². The predicted octanol–water partition coefficient (Wildman–Crippen LogP) is 2.21. The lowest BCUT2D eigenvalue weighted by molar-refractivity contribution is -0.358. The highest BCUT2D eigenvalue weighted by Gasteiger charge is 2.70. The molecule has 4 aliphatic rings. The molecule has 1 heterocycles. The van der Waals surface area contributed by atoms with Gasteiger partial charge in [0.2, 0.25) is 0 Å². The Labute approximate surface area is 68.1 Å². The molecule has 0 aromatic heterocycles. The lowest BCUT2D eigenvalue weighted by atomic mass is 9.41. The van der Waals surface area contributed by atoms with Crippen LogP contribution in [0.2, 0.25) is 0 Å². The standard InChI is InChI=1S/C10H16O/c1-9(2)7-3-4-8-6-11-10(8,9)5-7/h7-8H,3-6H2,1-2H3. The molecule has 3 atom stereocenters. The third-order valence-corrected chi connectivity index (χ3v) is 4.73. The van der Waals surface area contributed by atoms with E-state index in [1.54, 1.807) is 0 Å². The van der Waals surface area contributed by atoms with Gasteiger partial charge in [-0.2, -0.15) is 0 Å². The van der Waals surface area contributed by atoms with E-state index >= 15 is 0 Å². The average molecular weight is 152 g/mol. The van der Waals surface area contributed by atoms with Gasteiger partial charge in [-0.05, 0) is 30.6 Å². The van der Waals surface area contributed by atoms with E-state index in [1.165, 1.54) is 19.3 Å². The highest BCUT2D eigenvalue weighted by molar-refractivity contribution is 5.19. The van der Waals surface area contributed by atoms with Crippen LogP contribution in [-0.2, 0) is 4.74 Å². The van der Waals surface area contributed by atoms with Gasteiger partial charge in [0.1, 0.15) is 0 Å². The molecule has 3 saturated carbocycles. The summed E-state index contributed by atoms with van der Waals surface area (Å²) in [4.78, 5) is 0. The molecule has 3 aliphatic carbocycles. The summed E-state index contributed by atoms with van der Waals surface area (Å²) in [6.07, 6.45) is 4.27. The molecule has 0 aromatic rings. The van der Waals surface area contributed by atoms with Crippen molar-refractivity contribution in [2.45, 2.75) is 38.7 Å². The summed E-state index contributed by atoms with van der Waals surface area (Å²) in [5.74, 6) is 1.89. The van der Waals surface area contributed by atoms with E-state index in [0.717, 1.165) is 18.4 Å². The Hall–Kier alpha value is -0.0400. The van der Waals surface area contributed by atoms with Gasteiger partial charge in [0.15, 0.2) is 0 Å². The van der Waals surface area contributed by atoms with Gasteiger partial charge >= 0.3 is 0 Å². The first-order valence-electron chi connectivity index (χ1n) is 4.81. The van der Waals surface area contributed by atoms with Crippen molar-refractivity contribution in [2.24, 2.45) is 17.3 Å². The average Bonchev–Trinajstić information content (AvgIpc) is 1.90. The summed E-state index contributed by atoms with van der Waals surface area (Å²) >= 11 is 0. The molecule has 1 aliphatic heterocycles. The third kappa shape index (κ3) is 0.462. The Morgan fingerprint density at radius 2 is 1.91 bits per heavy atom. The van der Waals surface area contributed by atoms with E-state index in [1.807, 2.05) is 0 Å². The van der Waals surface area contributed by atoms with E-state index in [4.69, 9.17) is 4.74 Å². The van der Waals surface area contributed by atoms with Crippen LogP contribution in [0, 0.1) is 17.3 Å². The van der Waals surface area contributed by atoms with Crippen molar-refractivity contribution < 1.29 is 4.74 Å². The fraction of sp³-hybridized carbons (Fsp3) is 1.00. The Kier molecular flexibility index (Phi) is 0.893. The lowest BCUT2D eigenvalue weighted by Crippen LogP contribution is -2.75. The first-order chi connectivity index (χ1) is 5.17. The van der Waals surface area contributed by atoms with Crippen molar-refractivity contribution in [2.75, 3.05) is 6.61 Å². The monoisotopic (exact) mass is 152 g/mol. The first kappa shape index (κ1) is 6.47. The molecule has 1 saturated heterocycles. The van der Waals surface area contributed by atoms with Crippen LogP contribution in [0.3, 0.4) is 0 Å². The fourth-order valence-corrected chi connectivity index (χ4v) is 3.62. The zero-order valence-corrected chi connectivity index (χ0v) is 7.39. The van der Waals surface area contributed by atoms with Crippen molar-refractivity contribution in [3.63, 3.8) is 0 Å². The minimum absolute atomic E-state index is 0.357. The second kappa shape index (κ2) is 1.52. The molecular weight excluding hydrogens is 136 g/mol. The van der Waals surface area contributed by atoms with E-state index in [-0.39, 0.29) is 0 Å². The number of hydrogen-bond donors (Lipinski definition) is 0. The maximum Gasteiger partial charge on any atom is 0.0788 e. The molecule has 4 rings (SSSR count). The maximum absolute atomic E-state index is 5.80. The summed E-state index contributed by atoms with van der Waals surface area (Å²) in [6, 6.07) is 0. The van der Waals surface area contributed by atoms with Gasteiger partial charge in [-0.25, -0.2) is 0 Å². The summed E-state index contributed by atoms with van der Waals surface area (Å²) in [5.41, 5.74) is 0.865. The van der Waals surface area contributed by atoms with E-state index in [0.29, 0.717) is 11.0 Å². The van der Waals surface area contributed by atoms with Crippen LogP contribution in [0.5, 0.6) is 0 Å². The lowest BCUT2D eigenvalue weighted by Gasteiger charge is -2.73. The molecule has 0 radical (unpaired) electrons. The zero-order valence-electron chi connectivity index (χ0n) is 7.39. The van der Waals surface area contributed by atoms with Crippen LogP contribution < -0.4 is 0 Å². The molecule has 62 valence electrons. The Bertz CT molecular complexity index is 209. The number of ether oxygens (including phenoxy) is 1. The summed E-state index contributed by atoms with van der Waals surface area (Å²) < 4.78 is 5.80. The van der Waals surface area contributed by atoms with Gasteiger partial charge in [-0.15, -0.1) is 0 Å². The Morgan fingerprint density at radius 1 is 1.18 bits per heavy atom. The van der Waals surface area contributed by atoms with Crippen molar-refractivity contribution in [3.05, 3.63) is 0 Å². The van der Waals surface area contributed by atoms with Gasteiger partial charge < -0.3 is 4.74 Å². The quantitative estimate of drug-likeness (QED) is 0.517. The Balaban J connectivity index is 1.99. The SMILES string of the molecule is CC1(C)C2CCC3COC31C2. The largest absolute Gasteiger partial charge is 0.374 e. The van der Waals surface area contributed by atoms with Crippen LogP contribution in [0.1, 0.15) is 33.1 Å². The molecule has 0 amide bonds. The Morgan fingerprint density at radius 3 is 2.27 bits per heavy atom. The number of rotatable bonds is 0. The molecule has 1 heteroatoms. The molecule has 1 nitrogen and oxygen atoms in total. The van der Waals surface area contributed by atoms with Crippen LogP contribution in [0.4, 0.5) is 0 Å². The second-order valence-electron chi connectivity index (χ2n) is 5.10. The molecule has 3 unspecified atom stereocenters. The zero-order chi connectivity index (χ0) is 7.69. The molecule has 2 bridgehead atoms. The predicted molar refractivity (Wildman–Crippen MR) is 43.3 cm³/mol. The summed E-state index contributed by atoms with van der Waals surface area (Å²) in [5, 5.41) is 0. The highest BCUT2D eigenvalue weighted by atomic mass is 16.5. The molecule has 0 N–H and O–H groups in total. The minimum atomic E-state index is 0.357. The van der Waals surface area contributed by atoms with Gasteiger partial charge in [0, 0.05) is 5.92 Å². The third-order valence-electron chi connectivity index (χ3n) is 4.73. The van der Waals surface area contributed by atoms with E-state index in [9.17, 15) is 0 Å². The van der Waals surface area contributed by atoms with Gasteiger partial charge in [0.05, 0.1) is 12.2 Å². The highest BCUT2D eigenvalue weighted by Crippen LogP contribution is 2.69. The molecule has 11 heavy (non-hydrogen) atoms. The van der Waals surface area contributed by atoms with Crippen LogP contribution in [0.15, 0.2) is 0 Å². The fourth-order valence-electron chi connectivity index (χ4n) is 3.62. The normalized spacial score (nSPS) is 57.3. The van der Waals surface area contributed by atoms with Crippen LogP contribution >= 0.6 is 0 Å². The summed E-state index contributed by atoms with van der Waals surface area (Å²) in [7, 11) is 0. The van der Waals surface area contributed by atoms with Gasteiger partial charge in [0.25, 0.3) is 0 Å². The van der Waals surface area contributed by atoms with Crippen LogP contribution in [0.25, 0.3) is 0 Å². The smallest absolute Gasteiger partial charge is 0.0788 e. The molecular formula is C10H16O. The molecule has 0 aromatic carbocycles. The number of hydrogen-bond acceptors (Lipinski definition) is 1. The van der Waals surface area contributed by atoms with Crippen molar-refractivity contribution in [1.82, 2.24) is 0 Å². The topological polar surface area (TPSA) is 9.23 Å². The minimum Gasteiger partial charge on any atom is -0.374 e.